The van der Waals surface area contributed by atoms with E-state index in [0.717, 1.165) is 29.7 Å². The van der Waals surface area contributed by atoms with Crippen LogP contribution in [0.1, 0.15) is 76.4 Å². The van der Waals surface area contributed by atoms with Gasteiger partial charge in [-0.25, -0.2) is 0 Å². The van der Waals surface area contributed by atoms with Crippen LogP contribution in [0.5, 0.6) is 0 Å². The van der Waals surface area contributed by atoms with E-state index in [9.17, 15) is 24.5 Å². The first kappa shape index (κ1) is 30.2. The molecule has 2 aromatic heterocycles. The molecule has 4 atom stereocenters. The third kappa shape index (κ3) is 5.59. The maximum absolute atomic E-state index is 14.8. The van der Waals surface area contributed by atoms with Crippen molar-refractivity contribution in [3.8, 4) is 0 Å². The number of Topliss-reactive ketones (excluding diaryl/α,β-unsaturated/α-hetero) is 1. The summed E-state index contributed by atoms with van der Waals surface area (Å²) >= 11 is 1.48. The van der Waals surface area contributed by atoms with Gasteiger partial charge in [-0.2, -0.15) is 0 Å². The number of thiophene rings is 1. The lowest BCUT2D eigenvalue weighted by atomic mass is 9.78. The zero-order chi connectivity index (χ0) is 31.0. The topological polar surface area (TPSA) is 126 Å². The first-order valence-electron chi connectivity index (χ1n) is 15.5. The highest BCUT2D eigenvalue weighted by Crippen LogP contribution is 2.54. The molecule has 232 valence electrons. The summed E-state index contributed by atoms with van der Waals surface area (Å²) < 4.78 is 5.86. The van der Waals surface area contributed by atoms with Crippen LogP contribution in [0.2, 0.25) is 0 Å². The highest BCUT2D eigenvalue weighted by Gasteiger charge is 2.59. The van der Waals surface area contributed by atoms with Crippen molar-refractivity contribution < 1.29 is 23.7 Å². The molecule has 2 amide bonds. The lowest BCUT2D eigenvalue weighted by molar-refractivity contribution is -0.385. The monoisotopic (exact) mass is 618 g/mol. The molecule has 4 unspecified atom stereocenters. The molecule has 6 rings (SSSR count). The standard InChI is InChI=1S/C33H38N4O6S/c1-20-13-18-44-31(20)27-26(30(38)25-12-11-21(2)43-25)28(23-9-6-10-24(19-23)37(41)42)36(32(39)22-7-4-3-5-8-22)29(27)33(40)35-16-14-34-15-17-35/h6,9-13,18-19,22,26-29,34H,3-5,7-8,14-17H2,1-2H3. The smallest absolute Gasteiger partial charge is 0.269 e. The zero-order valence-electron chi connectivity index (χ0n) is 25.1. The predicted molar refractivity (Wildman–Crippen MR) is 166 cm³/mol. The molecule has 1 aromatic carbocycles. The number of non-ortho nitro benzene ring substituents is 1. The Bertz CT molecular complexity index is 1550. The van der Waals surface area contributed by atoms with Gasteiger partial charge in [0, 0.05) is 55.0 Å². The highest BCUT2D eigenvalue weighted by molar-refractivity contribution is 7.10. The van der Waals surface area contributed by atoms with Gasteiger partial charge in [0.2, 0.25) is 17.6 Å². The number of nitro groups is 1. The van der Waals surface area contributed by atoms with Crippen LogP contribution in [0.3, 0.4) is 0 Å². The fourth-order valence-electron chi connectivity index (χ4n) is 7.35. The summed E-state index contributed by atoms with van der Waals surface area (Å²) in [6, 6.07) is 9.68. The summed E-state index contributed by atoms with van der Waals surface area (Å²) in [5.41, 5.74) is 1.28. The second kappa shape index (κ2) is 12.6. The largest absolute Gasteiger partial charge is 0.458 e. The van der Waals surface area contributed by atoms with E-state index in [1.165, 1.54) is 23.5 Å². The van der Waals surface area contributed by atoms with E-state index >= 15 is 0 Å². The van der Waals surface area contributed by atoms with Crippen molar-refractivity contribution in [2.45, 2.75) is 64.0 Å². The lowest BCUT2D eigenvalue weighted by Gasteiger charge is -2.38. The van der Waals surface area contributed by atoms with E-state index < -0.39 is 28.8 Å². The van der Waals surface area contributed by atoms with Gasteiger partial charge in [-0.15, -0.1) is 11.3 Å². The van der Waals surface area contributed by atoms with Crippen LogP contribution < -0.4 is 5.32 Å². The molecule has 10 nitrogen and oxygen atoms in total. The molecular weight excluding hydrogens is 580 g/mol. The second-order valence-electron chi connectivity index (χ2n) is 12.2. The molecule has 44 heavy (non-hydrogen) atoms. The minimum Gasteiger partial charge on any atom is -0.458 e. The zero-order valence-corrected chi connectivity index (χ0v) is 25.9. The van der Waals surface area contributed by atoms with Gasteiger partial charge >= 0.3 is 0 Å². The Morgan fingerprint density at radius 1 is 1.00 bits per heavy atom. The number of ketones is 1. The fourth-order valence-corrected chi connectivity index (χ4v) is 8.46. The predicted octanol–water partition coefficient (Wildman–Crippen LogP) is 5.41. The molecule has 3 aliphatic rings. The third-order valence-electron chi connectivity index (χ3n) is 9.47. The van der Waals surface area contributed by atoms with Crippen molar-refractivity contribution in [2.75, 3.05) is 26.2 Å². The number of likely N-dealkylation sites (tertiary alicyclic amines) is 1. The van der Waals surface area contributed by atoms with E-state index in [4.69, 9.17) is 4.42 Å². The Balaban J connectivity index is 1.59. The van der Waals surface area contributed by atoms with Crippen molar-refractivity contribution in [1.82, 2.24) is 15.1 Å². The van der Waals surface area contributed by atoms with Gasteiger partial charge in [0.25, 0.3) is 5.69 Å². The van der Waals surface area contributed by atoms with Crippen molar-refractivity contribution in [1.29, 1.82) is 0 Å². The number of piperazine rings is 1. The van der Waals surface area contributed by atoms with Crippen LogP contribution in [0.15, 0.2) is 52.3 Å². The maximum Gasteiger partial charge on any atom is 0.269 e. The van der Waals surface area contributed by atoms with E-state index in [1.54, 1.807) is 41.0 Å². The second-order valence-corrected chi connectivity index (χ2v) is 13.1. The van der Waals surface area contributed by atoms with Crippen LogP contribution in [-0.2, 0) is 9.59 Å². The van der Waals surface area contributed by atoms with Crippen molar-refractivity contribution in [3.63, 3.8) is 0 Å². The van der Waals surface area contributed by atoms with Crippen LogP contribution >= 0.6 is 11.3 Å². The van der Waals surface area contributed by atoms with Crippen molar-refractivity contribution in [3.05, 3.63) is 85.5 Å². The molecule has 4 heterocycles. The molecule has 11 heteroatoms. The number of furan rings is 1. The Hall–Kier alpha value is -3.83. The van der Waals surface area contributed by atoms with E-state index in [0.29, 0.717) is 50.3 Å². The van der Waals surface area contributed by atoms with E-state index in [-0.39, 0.29) is 35.0 Å². The average Bonchev–Trinajstić information content (AvgIpc) is 3.77. The molecule has 1 saturated carbocycles. The number of rotatable bonds is 7. The molecule has 1 N–H and O–H groups in total. The number of nitrogens with zero attached hydrogens (tertiary/aromatic N) is 3. The summed E-state index contributed by atoms with van der Waals surface area (Å²) in [7, 11) is 0. The van der Waals surface area contributed by atoms with Gasteiger partial charge in [0.15, 0.2) is 5.76 Å². The van der Waals surface area contributed by atoms with Crippen LogP contribution in [0.25, 0.3) is 0 Å². The van der Waals surface area contributed by atoms with E-state index in [1.807, 2.05) is 18.4 Å². The minimum absolute atomic E-state index is 0.131. The summed E-state index contributed by atoms with van der Waals surface area (Å²) in [6.07, 6.45) is 4.32. The summed E-state index contributed by atoms with van der Waals surface area (Å²) in [5.74, 6) is -1.77. The number of benzene rings is 1. The van der Waals surface area contributed by atoms with Gasteiger partial charge in [-0.3, -0.25) is 24.5 Å². The summed E-state index contributed by atoms with van der Waals surface area (Å²) in [6.45, 7) is 5.99. The third-order valence-corrected chi connectivity index (χ3v) is 10.6. The van der Waals surface area contributed by atoms with Crippen LogP contribution in [0, 0.1) is 35.8 Å². The number of nitrogens with one attached hydrogen (secondary N) is 1. The molecule has 0 spiro atoms. The number of aryl methyl sites for hydroxylation is 2. The van der Waals surface area contributed by atoms with Gasteiger partial charge in [-0.05, 0) is 61.4 Å². The SMILES string of the molecule is Cc1ccc(C(=O)C2C(c3sccc3C)C(C(=O)N3CCNCC3)N(C(=O)C3CCCCC3)C2c2cccc([N+](=O)[O-])c2)o1. The van der Waals surface area contributed by atoms with E-state index in [2.05, 4.69) is 5.32 Å². The Morgan fingerprint density at radius 2 is 1.75 bits per heavy atom. The lowest BCUT2D eigenvalue weighted by Crippen LogP contribution is -2.55. The van der Waals surface area contributed by atoms with Gasteiger partial charge in [0.1, 0.15) is 11.8 Å². The fraction of sp³-hybridized carbons (Fsp3) is 0.485. The molecule has 2 aliphatic heterocycles. The summed E-state index contributed by atoms with van der Waals surface area (Å²) in [5, 5.41) is 17.2. The van der Waals surface area contributed by atoms with Crippen LogP contribution in [-0.4, -0.2) is 64.5 Å². The number of carbonyl (C=O) groups excluding carboxylic acids is 3. The minimum atomic E-state index is -0.950. The molecule has 1 aliphatic carbocycles. The van der Waals surface area contributed by atoms with Gasteiger partial charge < -0.3 is 19.5 Å². The number of carbonyl (C=O) groups is 3. The summed E-state index contributed by atoms with van der Waals surface area (Å²) in [4.78, 5) is 60.0. The highest BCUT2D eigenvalue weighted by atomic mass is 32.1. The quantitative estimate of drug-likeness (QED) is 0.213. The molecule has 2 saturated heterocycles. The van der Waals surface area contributed by atoms with Crippen molar-refractivity contribution >= 4 is 34.6 Å². The average molecular weight is 619 g/mol. The maximum atomic E-state index is 14.8. The molecule has 0 bridgehead atoms. The van der Waals surface area contributed by atoms with Gasteiger partial charge in [0.05, 0.1) is 16.9 Å². The number of amides is 2. The number of nitro benzene ring substituents is 1. The first-order valence-corrected chi connectivity index (χ1v) is 16.3. The number of hydrogen-bond acceptors (Lipinski definition) is 8. The van der Waals surface area contributed by atoms with Gasteiger partial charge in [-0.1, -0.05) is 31.4 Å². The Morgan fingerprint density at radius 3 is 2.39 bits per heavy atom. The number of hydrogen-bond donors (Lipinski definition) is 1. The molecular formula is C33H38N4O6S. The molecule has 3 aromatic rings. The normalized spacial score (nSPS) is 24.4. The molecule has 0 radical (unpaired) electrons. The van der Waals surface area contributed by atoms with Crippen LogP contribution in [0.4, 0.5) is 5.69 Å². The van der Waals surface area contributed by atoms with Crippen molar-refractivity contribution in [2.24, 2.45) is 11.8 Å². The molecule has 3 fully saturated rings. The first-order chi connectivity index (χ1) is 21.3. The Kier molecular flexibility index (Phi) is 8.68. The Labute approximate surface area is 260 Å².